The summed E-state index contributed by atoms with van der Waals surface area (Å²) in [4.78, 5) is 40.8. The van der Waals surface area contributed by atoms with E-state index in [9.17, 15) is 22.8 Å². The molecule has 2 unspecified atom stereocenters. The van der Waals surface area contributed by atoms with Gasteiger partial charge in [0.1, 0.15) is 5.00 Å². The van der Waals surface area contributed by atoms with Gasteiger partial charge in [-0.2, -0.15) is 4.31 Å². The summed E-state index contributed by atoms with van der Waals surface area (Å²) < 4.78 is 28.9. The molecular weight excluding hydrogens is 550 g/mol. The van der Waals surface area contributed by atoms with Crippen LogP contribution in [0.3, 0.4) is 0 Å². The van der Waals surface area contributed by atoms with Crippen LogP contribution in [0.1, 0.15) is 78.1 Å². The molecule has 1 saturated carbocycles. The molecule has 3 N–H and O–H groups in total. The molecule has 2 bridgehead atoms. The van der Waals surface area contributed by atoms with Gasteiger partial charge in [0, 0.05) is 43.0 Å². The van der Waals surface area contributed by atoms with Crippen LogP contribution in [0.5, 0.6) is 0 Å². The van der Waals surface area contributed by atoms with Crippen molar-refractivity contribution in [3.63, 3.8) is 0 Å². The van der Waals surface area contributed by atoms with Gasteiger partial charge in [0.25, 0.3) is 11.8 Å². The van der Waals surface area contributed by atoms with E-state index in [0.717, 1.165) is 36.2 Å². The normalized spacial score (nSPS) is 24.3. The van der Waals surface area contributed by atoms with E-state index in [0.29, 0.717) is 30.1 Å². The first kappa shape index (κ1) is 28.7. The predicted molar refractivity (Wildman–Crippen MR) is 153 cm³/mol. The van der Waals surface area contributed by atoms with Crippen LogP contribution < -0.4 is 16.2 Å². The molecule has 2 aromatic rings. The van der Waals surface area contributed by atoms with Crippen molar-refractivity contribution in [2.24, 2.45) is 10.8 Å². The number of anilines is 1. The Morgan fingerprint density at radius 2 is 1.73 bits per heavy atom. The largest absolute Gasteiger partial charge is 0.313 e. The molecule has 0 spiro atoms. The molecule has 2 atom stereocenters. The first-order chi connectivity index (χ1) is 18.7. The van der Waals surface area contributed by atoms with Crippen molar-refractivity contribution in [2.45, 2.75) is 70.9 Å². The molecule has 1 aromatic heterocycles. The summed E-state index contributed by atoms with van der Waals surface area (Å²) in [6.45, 7) is 9.80. The van der Waals surface area contributed by atoms with Crippen LogP contribution >= 0.6 is 11.3 Å². The Labute approximate surface area is 239 Å². The SMILES string of the molecule is CC(=O)NNC(=O)c1c(NC(=O)c2ccc(S(=O)(=O)N3CC4(C)CC3CC(C)(C)C4)cc2)sc2c1CCN(C)C2. The minimum atomic E-state index is -3.71. The summed E-state index contributed by atoms with van der Waals surface area (Å²) in [7, 11) is -1.72. The van der Waals surface area contributed by atoms with Gasteiger partial charge < -0.3 is 10.2 Å². The molecule has 2 fully saturated rings. The topological polar surface area (TPSA) is 128 Å². The number of benzene rings is 1. The van der Waals surface area contributed by atoms with Gasteiger partial charge in [-0.15, -0.1) is 11.3 Å². The maximum absolute atomic E-state index is 13.6. The number of nitrogens with zero attached hydrogens (tertiary/aromatic N) is 2. The minimum Gasteiger partial charge on any atom is -0.313 e. The molecule has 1 aromatic carbocycles. The average molecular weight is 588 g/mol. The fourth-order valence-corrected chi connectivity index (χ4v) is 9.94. The van der Waals surface area contributed by atoms with E-state index in [1.165, 1.54) is 42.5 Å². The zero-order chi connectivity index (χ0) is 29.0. The Morgan fingerprint density at radius 3 is 2.40 bits per heavy atom. The van der Waals surface area contributed by atoms with Crippen molar-refractivity contribution >= 4 is 44.1 Å². The zero-order valence-electron chi connectivity index (χ0n) is 23.6. The van der Waals surface area contributed by atoms with Gasteiger partial charge >= 0.3 is 0 Å². The highest BCUT2D eigenvalue weighted by Gasteiger charge is 2.53. The highest BCUT2D eigenvalue weighted by molar-refractivity contribution is 7.89. The lowest BCUT2D eigenvalue weighted by Crippen LogP contribution is -2.41. The molecule has 0 radical (unpaired) electrons. The second kappa shape index (κ2) is 10.2. The second-order valence-electron chi connectivity index (χ2n) is 12.6. The highest BCUT2D eigenvalue weighted by Crippen LogP contribution is 2.53. The van der Waals surface area contributed by atoms with Crippen LogP contribution in [0.25, 0.3) is 0 Å². The molecule has 216 valence electrons. The summed E-state index contributed by atoms with van der Waals surface area (Å²) in [5.74, 6) is -1.36. The number of sulfonamides is 1. The van der Waals surface area contributed by atoms with Crippen LogP contribution in [0.2, 0.25) is 0 Å². The number of thiophene rings is 1. The summed E-state index contributed by atoms with van der Waals surface area (Å²) >= 11 is 1.33. The Bertz CT molecular complexity index is 1470. The standard InChI is InChI=1S/C28H37N5O5S2/c1-17(34)30-31-25(36)23-21-10-11-32(5)14-22(21)39-26(23)29-24(35)18-6-8-20(9-7-18)40(37,38)33-16-28(4)13-19(33)12-27(2,3)15-28/h6-9,19H,10-16H2,1-5H3,(H,29,35)(H,30,34)(H,31,36). The highest BCUT2D eigenvalue weighted by atomic mass is 32.2. The number of hydrogen-bond donors (Lipinski definition) is 3. The van der Waals surface area contributed by atoms with Crippen molar-refractivity contribution in [2.75, 3.05) is 25.5 Å². The predicted octanol–water partition coefficient (Wildman–Crippen LogP) is 3.36. The van der Waals surface area contributed by atoms with Crippen molar-refractivity contribution in [3.8, 4) is 0 Å². The van der Waals surface area contributed by atoms with Gasteiger partial charge in [0.2, 0.25) is 15.9 Å². The Balaban J connectivity index is 1.36. The first-order valence-corrected chi connectivity index (χ1v) is 15.8. The van der Waals surface area contributed by atoms with Crippen molar-refractivity contribution in [1.82, 2.24) is 20.1 Å². The van der Waals surface area contributed by atoms with Crippen LogP contribution in [-0.2, 0) is 27.8 Å². The lowest BCUT2D eigenvalue weighted by atomic mass is 9.65. The minimum absolute atomic E-state index is 0.0207. The zero-order valence-corrected chi connectivity index (χ0v) is 25.2. The monoisotopic (exact) mass is 587 g/mol. The maximum atomic E-state index is 13.6. The number of rotatable bonds is 5. The summed E-state index contributed by atoms with van der Waals surface area (Å²) in [6.07, 6.45) is 3.34. The van der Waals surface area contributed by atoms with E-state index in [4.69, 9.17) is 0 Å². The summed E-state index contributed by atoms with van der Waals surface area (Å²) in [5.41, 5.74) is 6.26. The molecule has 3 aliphatic rings. The molecule has 5 rings (SSSR count). The Kier molecular flexibility index (Phi) is 7.35. The number of carbonyl (C=O) groups is 3. The number of carbonyl (C=O) groups excluding carboxylic acids is 3. The molecule has 1 aliphatic carbocycles. The van der Waals surface area contributed by atoms with Crippen LogP contribution in [-0.4, -0.2) is 61.5 Å². The average Bonchev–Trinajstić information content (AvgIpc) is 3.34. The smallest absolute Gasteiger partial charge is 0.272 e. The van der Waals surface area contributed by atoms with E-state index in [1.807, 2.05) is 7.05 Å². The number of hydrazine groups is 1. The van der Waals surface area contributed by atoms with Crippen molar-refractivity contribution in [3.05, 3.63) is 45.8 Å². The van der Waals surface area contributed by atoms with Gasteiger partial charge in [-0.25, -0.2) is 8.42 Å². The number of amides is 3. The van der Waals surface area contributed by atoms with Gasteiger partial charge in [-0.1, -0.05) is 20.8 Å². The van der Waals surface area contributed by atoms with Crippen molar-refractivity contribution in [1.29, 1.82) is 0 Å². The molecule has 3 heterocycles. The van der Waals surface area contributed by atoms with E-state index in [1.54, 1.807) is 4.31 Å². The van der Waals surface area contributed by atoms with Crippen LogP contribution in [0.15, 0.2) is 29.2 Å². The Hall–Kier alpha value is -2.80. The summed E-state index contributed by atoms with van der Waals surface area (Å²) in [5, 5.41) is 3.25. The third-order valence-electron chi connectivity index (χ3n) is 8.14. The first-order valence-electron chi connectivity index (χ1n) is 13.5. The fourth-order valence-electron chi connectivity index (χ4n) is 6.84. The van der Waals surface area contributed by atoms with Gasteiger partial charge in [-0.3, -0.25) is 25.2 Å². The van der Waals surface area contributed by atoms with E-state index >= 15 is 0 Å². The van der Waals surface area contributed by atoms with Crippen molar-refractivity contribution < 1.29 is 22.8 Å². The lowest BCUT2D eigenvalue weighted by Gasteiger charge is -2.39. The maximum Gasteiger partial charge on any atom is 0.272 e. The third kappa shape index (κ3) is 5.54. The van der Waals surface area contributed by atoms with E-state index in [-0.39, 0.29) is 27.3 Å². The molecule has 3 amide bonds. The second-order valence-corrected chi connectivity index (χ2v) is 15.6. The molecule has 1 saturated heterocycles. The lowest BCUT2D eigenvalue weighted by molar-refractivity contribution is -0.119. The third-order valence-corrected chi connectivity index (χ3v) is 11.2. The van der Waals surface area contributed by atoms with Gasteiger partial charge in [0.15, 0.2) is 0 Å². The molecule has 2 aliphatic heterocycles. The Morgan fingerprint density at radius 1 is 1.02 bits per heavy atom. The molecular formula is C28H37N5O5S2. The van der Waals surface area contributed by atoms with Gasteiger partial charge in [-0.05, 0) is 73.4 Å². The number of likely N-dealkylation sites (N-methyl/N-ethyl adjacent to an activating group) is 1. The summed E-state index contributed by atoms with van der Waals surface area (Å²) in [6, 6.07) is 5.97. The van der Waals surface area contributed by atoms with E-state index < -0.39 is 27.7 Å². The number of nitrogens with one attached hydrogen (secondary N) is 3. The molecule has 40 heavy (non-hydrogen) atoms. The number of fused-ring (bicyclic) bond motifs is 3. The molecule has 12 heteroatoms. The van der Waals surface area contributed by atoms with Gasteiger partial charge in [0.05, 0.1) is 10.5 Å². The number of hydrogen-bond acceptors (Lipinski definition) is 7. The molecule has 10 nitrogen and oxygen atoms in total. The van der Waals surface area contributed by atoms with Crippen LogP contribution in [0, 0.1) is 10.8 Å². The quantitative estimate of drug-likeness (QED) is 0.461. The fraction of sp³-hybridized carbons (Fsp3) is 0.536. The van der Waals surface area contributed by atoms with Crippen LogP contribution in [0.4, 0.5) is 5.00 Å². The van der Waals surface area contributed by atoms with E-state index in [2.05, 4.69) is 41.8 Å².